The quantitative estimate of drug-likeness (QED) is 0.806. The van der Waals surface area contributed by atoms with E-state index in [0.717, 1.165) is 61.9 Å². The zero-order valence-corrected chi connectivity index (χ0v) is 17.6. The van der Waals surface area contributed by atoms with Crippen LogP contribution in [0.5, 0.6) is 0 Å². The van der Waals surface area contributed by atoms with Crippen molar-refractivity contribution < 1.29 is 5.11 Å². The molecule has 3 atom stereocenters. The van der Waals surface area contributed by atoms with E-state index >= 15 is 0 Å². The smallest absolute Gasteiger partial charge is 0.0868 e. The maximum atomic E-state index is 11.8. The van der Waals surface area contributed by atoms with E-state index in [-0.39, 0.29) is 36.8 Å². The molecule has 2 aliphatic rings. The average molecular weight is 412 g/mol. The molecule has 4 rings (SSSR count). The molecular formula is C21H31Cl2N3O. The van der Waals surface area contributed by atoms with Crippen LogP contribution in [-0.2, 0) is 0 Å². The van der Waals surface area contributed by atoms with Gasteiger partial charge in [0.05, 0.1) is 11.1 Å². The van der Waals surface area contributed by atoms with Gasteiger partial charge in [0.2, 0.25) is 0 Å². The van der Waals surface area contributed by atoms with E-state index in [0.29, 0.717) is 0 Å². The predicted molar refractivity (Wildman–Crippen MR) is 116 cm³/mol. The molecule has 1 aromatic heterocycles. The molecule has 6 heteroatoms. The molecule has 1 aromatic carbocycles. The number of hydrogen-bond donors (Lipinski definition) is 2. The lowest BCUT2D eigenvalue weighted by molar-refractivity contribution is -0.0914. The van der Waals surface area contributed by atoms with E-state index in [4.69, 9.17) is 0 Å². The molecule has 1 saturated heterocycles. The Hall–Kier alpha value is -0.910. The van der Waals surface area contributed by atoms with Crippen molar-refractivity contribution in [3.8, 4) is 0 Å². The minimum Gasteiger partial charge on any atom is -0.388 e. The highest BCUT2D eigenvalue weighted by Crippen LogP contribution is 2.42. The maximum absolute atomic E-state index is 11.8. The van der Waals surface area contributed by atoms with Crippen LogP contribution in [-0.4, -0.2) is 52.8 Å². The fourth-order valence-electron chi connectivity index (χ4n) is 4.77. The molecule has 150 valence electrons. The van der Waals surface area contributed by atoms with Gasteiger partial charge in [-0.25, -0.2) is 0 Å². The van der Waals surface area contributed by atoms with Crippen LogP contribution < -0.4 is 5.32 Å². The van der Waals surface area contributed by atoms with E-state index in [1.54, 1.807) is 0 Å². The summed E-state index contributed by atoms with van der Waals surface area (Å²) in [5, 5.41) is 16.4. The zero-order chi connectivity index (χ0) is 17.3. The summed E-state index contributed by atoms with van der Waals surface area (Å²) in [6.07, 6.45) is 6.29. The van der Waals surface area contributed by atoms with E-state index in [1.807, 2.05) is 18.3 Å². The largest absolute Gasteiger partial charge is 0.388 e. The normalized spacial score (nSPS) is 27.4. The van der Waals surface area contributed by atoms with Crippen molar-refractivity contribution in [2.24, 2.45) is 0 Å². The molecule has 2 fully saturated rings. The molecule has 0 spiro atoms. The minimum atomic E-state index is -0.667. The molecule has 0 bridgehead atoms. The number of pyridine rings is 1. The van der Waals surface area contributed by atoms with Crippen LogP contribution in [0.2, 0.25) is 0 Å². The van der Waals surface area contributed by atoms with Crippen LogP contribution in [0.1, 0.15) is 44.1 Å². The van der Waals surface area contributed by atoms with Crippen molar-refractivity contribution in [2.75, 3.05) is 26.2 Å². The lowest BCUT2D eigenvalue weighted by atomic mass is 9.70. The third-order valence-corrected chi connectivity index (χ3v) is 6.34. The molecule has 4 nitrogen and oxygen atoms in total. The van der Waals surface area contributed by atoms with Crippen molar-refractivity contribution in [2.45, 2.75) is 50.2 Å². The minimum absolute atomic E-state index is 0. The number of halogens is 2. The first kappa shape index (κ1) is 22.4. The SMILES string of the molecule is CC(c1cnc2ccccc2c1)C1(O)CCCCC1N1CCNCC1.Cl.Cl. The van der Waals surface area contributed by atoms with Gasteiger partial charge in [0.15, 0.2) is 0 Å². The number of fused-ring (bicyclic) bond motifs is 1. The summed E-state index contributed by atoms with van der Waals surface area (Å²) >= 11 is 0. The van der Waals surface area contributed by atoms with Gasteiger partial charge in [-0.2, -0.15) is 0 Å². The summed E-state index contributed by atoms with van der Waals surface area (Å²) in [6.45, 7) is 6.31. The summed E-state index contributed by atoms with van der Waals surface area (Å²) in [4.78, 5) is 7.15. The highest BCUT2D eigenvalue weighted by molar-refractivity contribution is 5.85. The Bertz CT molecular complexity index is 738. The van der Waals surface area contributed by atoms with Gasteiger partial charge < -0.3 is 10.4 Å². The second-order valence-electron chi connectivity index (χ2n) is 7.72. The standard InChI is InChI=1S/C21H29N3O.2ClH/c1-16(18-14-17-6-2-3-7-19(17)23-15-18)21(25)9-5-4-8-20(21)24-12-10-22-11-13-24;;/h2-3,6-7,14-16,20,22,25H,4-5,8-13H2,1H3;2*1H. The third-order valence-electron chi connectivity index (χ3n) is 6.34. The number of nitrogens with one attached hydrogen (secondary N) is 1. The summed E-state index contributed by atoms with van der Waals surface area (Å²) in [5.74, 6) is 0.0878. The first-order valence-corrected chi connectivity index (χ1v) is 9.70. The summed E-state index contributed by atoms with van der Waals surface area (Å²) in [7, 11) is 0. The molecular weight excluding hydrogens is 381 g/mol. The zero-order valence-electron chi connectivity index (χ0n) is 15.9. The predicted octanol–water partition coefficient (Wildman–Crippen LogP) is 3.76. The van der Waals surface area contributed by atoms with Crippen molar-refractivity contribution in [1.82, 2.24) is 15.2 Å². The van der Waals surface area contributed by atoms with Crippen molar-refractivity contribution in [3.63, 3.8) is 0 Å². The molecule has 2 heterocycles. The van der Waals surface area contributed by atoms with Gasteiger partial charge in [-0.15, -0.1) is 24.8 Å². The van der Waals surface area contributed by atoms with Crippen LogP contribution in [0.25, 0.3) is 10.9 Å². The number of rotatable bonds is 3. The summed E-state index contributed by atoms with van der Waals surface area (Å²) in [6, 6.07) is 10.7. The van der Waals surface area contributed by atoms with E-state index in [1.165, 1.54) is 6.42 Å². The molecule has 0 amide bonds. The molecule has 1 aliphatic carbocycles. The number of aromatic nitrogens is 1. The molecule has 2 aromatic rings. The molecule has 1 aliphatic heterocycles. The molecule has 2 N–H and O–H groups in total. The first-order valence-electron chi connectivity index (χ1n) is 9.70. The Balaban J connectivity index is 0.00000131. The number of aliphatic hydroxyl groups is 1. The number of piperazine rings is 1. The van der Waals surface area contributed by atoms with Gasteiger partial charge in [0.25, 0.3) is 0 Å². The lowest BCUT2D eigenvalue weighted by Gasteiger charge is -2.50. The summed E-state index contributed by atoms with van der Waals surface area (Å²) < 4.78 is 0. The molecule has 3 unspecified atom stereocenters. The third kappa shape index (κ3) is 4.41. The van der Waals surface area contributed by atoms with Gasteiger partial charge in [-0.05, 0) is 30.5 Å². The van der Waals surface area contributed by atoms with Crippen LogP contribution in [0, 0.1) is 0 Å². The number of benzene rings is 1. The number of hydrogen-bond acceptors (Lipinski definition) is 4. The Morgan fingerprint density at radius 1 is 1.19 bits per heavy atom. The van der Waals surface area contributed by atoms with Gasteiger partial charge in [-0.1, -0.05) is 38.0 Å². The van der Waals surface area contributed by atoms with E-state index < -0.39 is 5.60 Å². The second kappa shape index (κ2) is 9.53. The Labute approximate surface area is 174 Å². The topological polar surface area (TPSA) is 48.4 Å². The monoisotopic (exact) mass is 411 g/mol. The second-order valence-corrected chi connectivity index (χ2v) is 7.72. The fraction of sp³-hybridized carbons (Fsp3) is 0.571. The lowest BCUT2D eigenvalue weighted by Crippen LogP contribution is -2.60. The van der Waals surface area contributed by atoms with Crippen LogP contribution in [0.15, 0.2) is 36.5 Å². The Morgan fingerprint density at radius 2 is 1.93 bits per heavy atom. The van der Waals surface area contributed by atoms with Gasteiger partial charge in [0, 0.05) is 49.7 Å². The fourth-order valence-corrected chi connectivity index (χ4v) is 4.77. The highest BCUT2D eigenvalue weighted by Gasteiger charge is 2.46. The Kier molecular flexibility index (Phi) is 7.90. The number of para-hydroxylation sites is 1. The number of nitrogens with zero attached hydrogens (tertiary/aromatic N) is 2. The molecule has 0 radical (unpaired) electrons. The molecule has 1 saturated carbocycles. The van der Waals surface area contributed by atoms with Crippen LogP contribution in [0.3, 0.4) is 0 Å². The van der Waals surface area contributed by atoms with Gasteiger partial charge in [-0.3, -0.25) is 9.88 Å². The van der Waals surface area contributed by atoms with Crippen molar-refractivity contribution in [1.29, 1.82) is 0 Å². The van der Waals surface area contributed by atoms with Crippen molar-refractivity contribution in [3.05, 3.63) is 42.1 Å². The van der Waals surface area contributed by atoms with Crippen LogP contribution in [0.4, 0.5) is 0 Å². The van der Waals surface area contributed by atoms with E-state index in [2.05, 4.69) is 40.3 Å². The molecule has 27 heavy (non-hydrogen) atoms. The average Bonchev–Trinajstić information content (AvgIpc) is 2.68. The highest BCUT2D eigenvalue weighted by atomic mass is 35.5. The van der Waals surface area contributed by atoms with E-state index in [9.17, 15) is 5.11 Å². The van der Waals surface area contributed by atoms with Gasteiger partial charge >= 0.3 is 0 Å². The maximum Gasteiger partial charge on any atom is 0.0868 e. The Morgan fingerprint density at radius 3 is 2.70 bits per heavy atom. The van der Waals surface area contributed by atoms with Crippen molar-refractivity contribution >= 4 is 35.7 Å². The van der Waals surface area contributed by atoms with Gasteiger partial charge in [0.1, 0.15) is 0 Å². The van der Waals surface area contributed by atoms with Crippen LogP contribution >= 0.6 is 24.8 Å². The first-order chi connectivity index (χ1) is 12.2. The summed E-state index contributed by atoms with van der Waals surface area (Å²) in [5.41, 5.74) is 1.51.